The Bertz CT molecular complexity index is 689. The number of sulfone groups is 1. The molecule has 0 radical (unpaired) electrons. The first-order chi connectivity index (χ1) is 8.91. The van der Waals surface area contributed by atoms with Gasteiger partial charge in [-0.3, -0.25) is 0 Å². The molecule has 0 atom stereocenters. The SMILES string of the molecule is CCc1ccc(-c2ccc(S(C)(=O)=O)c(Cl)c2)cc1. The van der Waals surface area contributed by atoms with E-state index in [0.717, 1.165) is 23.8 Å². The van der Waals surface area contributed by atoms with E-state index in [9.17, 15) is 8.42 Å². The van der Waals surface area contributed by atoms with Crippen LogP contribution in [-0.2, 0) is 16.3 Å². The molecule has 0 unspecified atom stereocenters. The third-order valence-corrected chi connectivity index (χ3v) is 4.61. The van der Waals surface area contributed by atoms with Crippen molar-refractivity contribution in [1.29, 1.82) is 0 Å². The Balaban J connectivity index is 2.44. The molecule has 2 aromatic rings. The van der Waals surface area contributed by atoms with E-state index in [0.29, 0.717) is 0 Å². The Morgan fingerprint density at radius 1 is 1.00 bits per heavy atom. The number of benzene rings is 2. The lowest BCUT2D eigenvalue weighted by Crippen LogP contribution is -1.98. The lowest BCUT2D eigenvalue weighted by molar-refractivity contribution is 0.602. The van der Waals surface area contributed by atoms with Gasteiger partial charge >= 0.3 is 0 Å². The molecule has 0 saturated carbocycles. The van der Waals surface area contributed by atoms with Crippen molar-refractivity contribution in [2.75, 3.05) is 6.26 Å². The number of halogens is 1. The standard InChI is InChI=1S/C15H15ClO2S/c1-3-11-4-6-12(7-5-11)13-8-9-15(14(16)10-13)19(2,17)18/h4-10H,3H2,1-2H3. The highest BCUT2D eigenvalue weighted by molar-refractivity contribution is 7.90. The smallest absolute Gasteiger partial charge is 0.176 e. The van der Waals surface area contributed by atoms with Crippen LogP contribution in [-0.4, -0.2) is 14.7 Å². The summed E-state index contributed by atoms with van der Waals surface area (Å²) in [5.41, 5.74) is 3.21. The Morgan fingerprint density at radius 2 is 1.58 bits per heavy atom. The maximum atomic E-state index is 11.5. The molecule has 0 aliphatic heterocycles. The van der Waals surface area contributed by atoms with Crippen LogP contribution in [0, 0.1) is 0 Å². The molecule has 0 amide bonds. The monoisotopic (exact) mass is 294 g/mol. The summed E-state index contributed by atoms with van der Waals surface area (Å²) in [5, 5.41) is 0.263. The van der Waals surface area contributed by atoms with Crippen LogP contribution < -0.4 is 0 Å². The minimum Gasteiger partial charge on any atom is -0.224 e. The van der Waals surface area contributed by atoms with E-state index in [1.54, 1.807) is 18.2 Å². The summed E-state index contributed by atoms with van der Waals surface area (Å²) in [6.07, 6.45) is 2.15. The van der Waals surface area contributed by atoms with Crippen molar-refractivity contribution in [2.24, 2.45) is 0 Å². The molecule has 100 valence electrons. The molecule has 0 heterocycles. The van der Waals surface area contributed by atoms with Gasteiger partial charge in [0.1, 0.15) is 0 Å². The van der Waals surface area contributed by atoms with Crippen LogP contribution >= 0.6 is 11.6 Å². The summed E-state index contributed by atoms with van der Waals surface area (Å²) in [6.45, 7) is 2.10. The average molecular weight is 295 g/mol. The average Bonchev–Trinajstić information content (AvgIpc) is 2.37. The summed E-state index contributed by atoms with van der Waals surface area (Å²) in [4.78, 5) is 0.170. The highest BCUT2D eigenvalue weighted by Crippen LogP contribution is 2.28. The van der Waals surface area contributed by atoms with Gasteiger partial charge in [0.15, 0.2) is 9.84 Å². The maximum absolute atomic E-state index is 11.5. The maximum Gasteiger partial charge on any atom is 0.176 e. The molecular weight excluding hydrogens is 280 g/mol. The summed E-state index contributed by atoms with van der Waals surface area (Å²) in [7, 11) is -3.28. The van der Waals surface area contributed by atoms with Crippen molar-refractivity contribution in [3.05, 3.63) is 53.1 Å². The van der Waals surface area contributed by atoms with E-state index in [1.165, 1.54) is 5.56 Å². The van der Waals surface area contributed by atoms with Gasteiger partial charge in [-0.1, -0.05) is 48.9 Å². The van der Waals surface area contributed by atoms with Crippen LogP contribution in [0.5, 0.6) is 0 Å². The number of aryl methyl sites for hydroxylation is 1. The van der Waals surface area contributed by atoms with Crippen molar-refractivity contribution >= 4 is 21.4 Å². The quantitative estimate of drug-likeness (QED) is 0.858. The fourth-order valence-electron chi connectivity index (χ4n) is 1.91. The van der Waals surface area contributed by atoms with E-state index < -0.39 is 9.84 Å². The molecule has 2 aromatic carbocycles. The Kier molecular flexibility index (Phi) is 3.97. The molecule has 2 rings (SSSR count). The van der Waals surface area contributed by atoms with Crippen molar-refractivity contribution in [3.8, 4) is 11.1 Å². The zero-order valence-electron chi connectivity index (χ0n) is 10.9. The van der Waals surface area contributed by atoms with Crippen molar-refractivity contribution in [3.63, 3.8) is 0 Å². The zero-order chi connectivity index (χ0) is 14.0. The summed E-state index contributed by atoms with van der Waals surface area (Å²) >= 11 is 6.04. The molecule has 0 bridgehead atoms. The van der Waals surface area contributed by atoms with E-state index in [2.05, 4.69) is 19.1 Å². The minimum atomic E-state index is -3.28. The van der Waals surface area contributed by atoms with Crippen LogP contribution in [0.15, 0.2) is 47.4 Å². The van der Waals surface area contributed by atoms with Gasteiger partial charge in [0.25, 0.3) is 0 Å². The second-order valence-electron chi connectivity index (χ2n) is 4.47. The zero-order valence-corrected chi connectivity index (χ0v) is 12.4. The largest absolute Gasteiger partial charge is 0.224 e. The second-order valence-corrected chi connectivity index (χ2v) is 6.86. The van der Waals surface area contributed by atoms with E-state index in [4.69, 9.17) is 11.6 Å². The predicted octanol–water partition coefficient (Wildman–Crippen LogP) is 3.97. The Morgan fingerprint density at radius 3 is 2.05 bits per heavy atom. The van der Waals surface area contributed by atoms with Gasteiger partial charge < -0.3 is 0 Å². The summed E-state index contributed by atoms with van der Waals surface area (Å²) in [5.74, 6) is 0. The first-order valence-electron chi connectivity index (χ1n) is 6.00. The molecule has 0 fully saturated rings. The number of rotatable bonds is 3. The second kappa shape index (κ2) is 5.35. The predicted molar refractivity (Wildman–Crippen MR) is 79.4 cm³/mol. The molecule has 0 aliphatic rings. The summed E-state index contributed by atoms with van der Waals surface area (Å²) < 4.78 is 23.0. The lowest BCUT2D eigenvalue weighted by Gasteiger charge is -2.07. The van der Waals surface area contributed by atoms with Gasteiger partial charge in [-0.15, -0.1) is 0 Å². The third kappa shape index (κ3) is 3.17. The van der Waals surface area contributed by atoms with E-state index in [1.807, 2.05) is 12.1 Å². The molecular formula is C15H15ClO2S. The van der Waals surface area contributed by atoms with Crippen LogP contribution in [0.4, 0.5) is 0 Å². The molecule has 0 saturated heterocycles. The van der Waals surface area contributed by atoms with Crippen molar-refractivity contribution in [2.45, 2.75) is 18.2 Å². The topological polar surface area (TPSA) is 34.1 Å². The summed E-state index contributed by atoms with van der Waals surface area (Å²) in [6, 6.07) is 13.2. The van der Waals surface area contributed by atoms with Crippen LogP contribution in [0.1, 0.15) is 12.5 Å². The van der Waals surface area contributed by atoms with Crippen LogP contribution in [0.3, 0.4) is 0 Å². The lowest BCUT2D eigenvalue weighted by atomic mass is 10.0. The first-order valence-corrected chi connectivity index (χ1v) is 8.27. The molecule has 0 spiro atoms. The number of hydrogen-bond donors (Lipinski definition) is 0. The Labute approximate surface area is 119 Å². The highest BCUT2D eigenvalue weighted by atomic mass is 35.5. The molecule has 0 aromatic heterocycles. The van der Waals surface area contributed by atoms with Gasteiger partial charge in [0.2, 0.25) is 0 Å². The van der Waals surface area contributed by atoms with Gasteiger partial charge in [-0.05, 0) is 35.2 Å². The van der Waals surface area contributed by atoms with Crippen molar-refractivity contribution in [1.82, 2.24) is 0 Å². The fourth-order valence-corrected chi connectivity index (χ4v) is 3.24. The van der Waals surface area contributed by atoms with Gasteiger partial charge in [-0.25, -0.2) is 8.42 Å². The third-order valence-electron chi connectivity index (χ3n) is 3.03. The number of hydrogen-bond acceptors (Lipinski definition) is 2. The van der Waals surface area contributed by atoms with E-state index >= 15 is 0 Å². The van der Waals surface area contributed by atoms with Gasteiger partial charge in [0, 0.05) is 6.26 Å². The van der Waals surface area contributed by atoms with Crippen LogP contribution in [0.25, 0.3) is 11.1 Å². The normalized spacial score (nSPS) is 11.5. The van der Waals surface area contributed by atoms with Crippen LogP contribution in [0.2, 0.25) is 5.02 Å². The van der Waals surface area contributed by atoms with Gasteiger partial charge in [-0.2, -0.15) is 0 Å². The van der Waals surface area contributed by atoms with Crippen molar-refractivity contribution < 1.29 is 8.42 Å². The highest BCUT2D eigenvalue weighted by Gasteiger charge is 2.12. The molecule has 2 nitrogen and oxygen atoms in total. The van der Waals surface area contributed by atoms with Gasteiger partial charge in [0.05, 0.1) is 9.92 Å². The Hall–Kier alpha value is -1.32. The molecule has 19 heavy (non-hydrogen) atoms. The minimum absolute atomic E-state index is 0.170. The molecule has 0 aliphatic carbocycles. The van der Waals surface area contributed by atoms with E-state index in [-0.39, 0.29) is 9.92 Å². The molecule has 4 heteroatoms. The first kappa shape index (κ1) is 14.1. The molecule has 0 N–H and O–H groups in total. The fraction of sp³-hybridized carbons (Fsp3) is 0.200.